The molecule has 1 saturated heterocycles. The number of ether oxygens (including phenoxy) is 3. The van der Waals surface area contributed by atoms with Gasteiger partial charge in [0.2, 0.25) is 0 Å². The summed E-state index contributed by atoms with van der Waals surface area (Å²) in [4.78, 5) is 2.42. The van der Waals surface area contributed by atoms with Gasteiger partial charge in [-0.05, 0) is 25.0 Å². The summed E-state index contributed by atoms with van der Waals surface area (Å²) < 4.78 is 16.7. The summed E-state index contributed by atoms with van der Waals surface area (Å²) in [5.74, 6) is 1.98. The van der Waals surface area contributed by atoms with Crippen LogP contribution in [0.1, 0.15) is 19.3 Å². The van der Waals surface area contributed by atoms with Gasteiger partial charge in [-0.2, -0.15) is 0 Å². The van der Waals surface area contributed by atoms with Crippen molar-refractivity contribution in [2.45, 2.75) is 31.4 Å². The number of hydrogen-bond acceptors (Lipinski definition) is 5. The number of hydrogen-bond donors (Lipinski definition) is 1. The maximum Gasteiger partial charge on any atom is 0.123 e. The summed E-state index contributed by atoms with van der Waals surface area (Å²) in [6.07, 6.45) is 2.97. The number of rotatable bonds is 6. The average Bonchev–Trinajstić information content (AvgIpc) is 3.01. The molecule has 1 saturated carbocycles. The van der Waals surface area contributed by atoms with E-state index in [1.54, 1.807) is 7.11 Å². The summed E-state index contributed by atoms with van der Waals surface area (Å²) in [6, 6.07) is 8.00. The highest BCUT2D eigenvalue weighted by atomic mass is 16.5. The van der Waals surface area contributed by atoms with Crippen molar-refractivity contribution in [1.29, 1.82) is 0 Å². The molecule has 5 heteroatoms. The molecule has 3 unspecified atom stereocenters. The van der Waals surface area contributed by atoms with Crippen molar-refractivity contribution in [2.24, 2.45) is 5.92 Å². The Morgan fingerprint density at radius 2 is 2.17 bits per heavy atom. The van der Waals surface area contributed by atoms with Gasteiger partial charge in [-0.1, -0.05) is 12.5 Å². The van der Waals surface area contributed by atoms with Gasteiger partial charge in [0, 0.05) is 31.1 Å². The average molecular weight is 321 g/mol. The van der Waals surface area contributed by atoms with E-state index in [9.17, 15) is 5.11 Å². The topological polar surface area (TPSA) is 51.2 Å². The molecule has 2 fully saturated rings. The third-order valence-electron chi connectivity index (χ3n) is 4.99. The van der Waals surface area contributed by atoms with Crippen LogP contribution in [0.4, 0.5) is 0 Å². The number of aliphatic hydroxyl groups excluding tert-OH is 1. The molecule has 0 radical (unpaired) electrons. The fourth-order valence-electron chi connectivity index (χ4n) is 3.72. The molecule has 3 atom stereocenters. The first-order chi connectivity index (χ1) is 11.3. The number of methoxy groups -OCH3 is 1. The molecule has 2 aliphatic rings. The minimum Gasteiger partial charge on any atom is -0.497 e. The highest BCUT2D eigenvalue weighted by Crippen LogP contribution is 2.32. The first kappa shape index (κ1) is 16.6. The summed E-state index contributed by atoms with van der Waals surface area (Å²) in [5.41, 5.74) is 0. The van der Waals surface area contributed by atoms with Gasteiger partial charge in [-0.3, -0.25) is 4.90 Å². The fourth-order valence-corrected chi connectivity index (χ4v) is 3.72. The Morgan fingerprint density at radius 1 is 1.30 bits per heavy atom. The van der Waals surface area contributed by atoms with Crippen molar-refractivity contribution < 1.29 is 19.3 Å². The third-order valence-corrected chi connectivity index (χ3v) is 4.99. The van der Waals surface area contributed by atoms with Crippen molar-refractivity contribution in [2.75, 3.05) is 40.0 Å². The number of benzene rings is 1. The molecule has 0 amide bonds. The van der Waals surface area contributed by atoms with Crippen molar-refractivity contribution in [3.05, 3.63) is 24.3 Å². The van der Waals surface area contributed by atoms with Gasteiger partial charge in [0.1, 0.15) is 18.1 Å². The standard InChI is InChI=1S/C18H27NO4/c1-21-14-4-2-5-15(12-14)23-11-9-19-8-10-22-13-17(19)16-6-3-7-18(16)20/h2,4-5,12,16-18,20H,3,6-11,13H2,1H3. The van der Waals surface area contributed by atoms with Crippen LogP contribution in [0.5, 0.6) is 11.5 Å². The van der Waals surface area contributed by atoms with E-state index in [0.29, 0.717) is 18.6 Å². The maximum absolute atomic E-state index is 10.2. The highest BCUT2D eigenvalue weighted by molar-refractivity contribution is 5.32. The van der Waals surface area contributed by atoms with Crippen LogP contribution in [-0.2, 0) is 4.74 Å². The lowest BCUT2D eigenvalue weighted by atomic mass is 9.94. The molecule has 5 nitrogen and oxygen atoms in total. The molecule has 1 aromatic carbocycles. The second kappa shape index (κ2) is 7.99. The van der Waals surface area contributed by atoms with E-state index in [-0.39, 0.29) is 6.10 Å². The van der Waals surface area contributed by atoms with Gasteiger partial charge in [0.05, 0.1) is 26.4 Å². The van der Waals surface area contributed by atoms with Crippen LogP contribution in [0.3, 0.4) is 0 Å². The summed E-state index contributed by atoms with van der Waals surface area (Å²) in [7, 11) is 1.66. The molecular weight excluding hydrogens is 294 g/mol. The van der Waals surface area contributed by atoms with E-state index < -0.39 is 0 Å². The van der Waals surface area contributed by atoms with E-state index in [0.717, 1.165) is 57.1 Å². The van der Waals surface area contributed by atoms with Gasteiger partial charge >= 0.3 is 0 Å². The number of aliphatic hydroxyl groups is 1. The Balaban J connectivity index is 1.53. The van der Waals surface area contributed by atoms with Gasteiger partial charge in [0.25, 0.3) is 0 Å². The molecule has 1 heterocycles. The number of nitrogens with zero attached hydrogens (tertiary/aromatic N) is 1. The van der Waals surface area contributed by atoms with E-state index in [1.165, 1.54) is 0 Å². The zero-order chi connectivity index (χ0) is 16.1. The smallest absolute Gasteiger partial charge is 0.123 e. The monoisotopic (exact) mass is 321 g/mol. The Hall–Kier alpha value is -1.30. The molecule has 0 spiro atoms. The minimum absolute atomic E-state index is 0.177. The normalized spacial score (nSPS) is 28.7. The Labute approximate surface area is 138 Å². The van der Waals surface area contributed by atoms with Crippen LogP contribution < -0.4 is 9.47 Å². The quantitative estimate of drug-likeness (QED) is 0.868. The van der Waals surface area contributed by atoms with Crippen LogP contribution in [0, 0.1) is 5.92 Å². The zero-order valence-corrected chi connectivity index (χ0v) is 13.8. The van der Waals surface area contributed by atoms with Crippen molar-refractivity contribution in [3.8, 4) is 11.5 Å². The van der Waals surface area contributed by atoms with Gasteiger partial charge in [-0.25, -0.2) is 0 Å². The molecule has 1 aromatic rings. The largest absolute Gasteiger partial charge is 0.497 e. The lowest BCUT2D eigenvalue weighted by Gasteiger charge is -2.40. The second-order valence-corrected chi connectivity index (χ2v) is 6.37. The predicted octanol–water partition coefficient (Wildman–Crippen LogP) is 1.94. The molecule has 23 heavy (non-hydrogen) atoms. The van der Waals surface area contributed by atoms with Crippen molar-refractivity contribution in [1.82, 2.24) is 4.90 Å². The first-order valence-electron chi connectivity index (χ1n) is 8.54. The van der Waals surface area contributed by atoms with Crippen LogP contribution in [0.25, 0.3) is 0 Å². The van der Waals surface area contributed by atoms with E-state index in [2.05, 4.69) is 4.90 Å². The minimum atomic E-state index is -0.177. The molecule has 0 bridgehead atoms. The van der Waals surface area contributed by atoms with Crippen LogP contribution in [0.15, 0.2) is 24.3 Å². The van der Waals surface area contributed by atoms with Crippen LogP contribution >= 0.6 is 0 Å². The summed E-state index contributed by atoms with van der Waals surface area (Å²) in [5, 5.41) is 10.2. The van der Waals surface area contributed by atoms with Gasteiger partial charge < -0.3 is 19.3 Å². The van der Waals surface area contributed by atoms with Gasteiger partial charge in [0.15, 0.2) is 0 Å². The van der Waals surface area contributed by atoms with E-state index in [1.807, 2.05) is 24.3 Å². The third kappa shape index (κ3) is 4.16. The summed E-state index contributed by atoms with van der Waals surface area (Å²) in [6.45, 7) is 3.88. The Morgan fingerprint density at radius 3 is 2.96 bits per heavy atom. The zero-order valence-electron chi connectivity index (χ0n) is 13.8. The highest BCUT2D eigenvalue weighted by Gasteiger charge is 2.37. The fraction of sp³-hybridized carbons (Fsp3) is 0.667. The molecule has 1 N–H and O–H groups in total. The SMILES string of the molecule is COc1cccc(OCCN2CCOCC2C2CCCC2O)c1. The van der Waals surface area contributed by atoms with E-state index in [4.69, 9.17) is 14.2 Å². The second-order valence-electron chi connectivity index (χ2n) is 6.37. The first-order valence-corrected chi connectivity index (χ1v) is 8.54. The van der Waals surface area contributed by atoms with E-state index >= 15 is 0 Å². The molecule has 3 rings (SSSR count). The predicted molar refractivity (Wildman–Crippen MR) is 88.0 cm³/mol. The Kier molecular flexibility index (Phi) is 5.75. The van der Waals surface area contributed by atoms with Gasteiger partial charge in [-0.15, -0.1) is 0 Å². The van der Waals surface area contributed by atoms with Crippen molar-refractivity contribution >= 4 is 0 Å². The Bertz CT molecular complexity index is 496. The lowest BCUT2D eigenvalue weighted by molar-refractivity contribution is -0.0532. The molecule has 128 valence electrons. The molecule has 1 aliphatic heterocycles. The lowest BCUT2D eigenvalue weighted by Crippen LogP contribution is -2.52. The molecule has 0 aromatic heterocycles. The number of morpholine rings is 1. The van der Waals surface area contributed by atoms with Crippen LogP contribution in [-0.4, -0.2) is 62.2 Å². The maximum atomic E-state index is 10.2. The summed E-state index contributed by atoms with van der Waals surface area (Å²) >= 11 is 0. The van der Waals surface area contributed by atoms with Crippen molar-refractivity contribution in [3.63, 3.8) is 0 Å². The molecular formula is C18H27NO4. The molecule has 1 aliphatic carbocycles. The van der Waals surface area contributed by atoms with Crippen LogP contribution in [0.2, 0.25) is 0 Å².